The van der Waals surface area contributed by atoms with Crippen molar-refractivity contribution in [2.75, 3.05) is 0 Å². The summed E-state index contributed by atoms with van der Waals surface area (Å²) in [5.74, 6) is -0.0224. The van der Waals surface area contributed by atoms with Gasteiger partial charge in [-0.15, -0.1) is 0 Å². The van der Waals surface area contributed by atoms with Crippen LogP contribution in [0, 0.1) is 0 Å². The van der Waals surface area contributed by atoms with Crippen molar-refractivity contribution < 1.29 is 9.21 Å². The second-order valence-corrected chi connectivity index (χ2v) is 4.02. The van der Waals surface area contributed by atoms with Crippen molar-refractivity contribution in [1.82, 2.24) is 0 Å². The van der Waals surface area contributed by atoms with E-state index in [1.807, 2.05) is 0 Å². The molecule has 0 atom stereocenters. The van der Waals surface area contributed by atoms with E-state index in [4.69, 9.17) is 16.0 Å². The van der Waals surface area contributed by atoms with Crippen molar-refractivity contribution in [3.05, 3.63) is 33.5 Å². The monoisotopic (exact) mass is 272 g/mol. The highest BCUT2D eigenvalue weighted by molar-refractivity contribution is 9.10. The molecule has 2 nitrogen and oxygen atoms in total. The molecule has 72 valence electrons. The van der Waals surface area contributed by atoms with Crippen LogP contribution in [-0.2, 0) is 0 Å². The van der Waals surface area contributed by atoms with Crippen LogP contribution >= 0.6 is 27.5 Å². The second kappa shape index (κ2) is 3.41. The molecule has 0 spiro atoms. The summed E-state index contributed by atoms with van der Waals surface area (Å²) in [6.45, 7) is 1.51. The molecule has 0 unspecified atom stereocenters. The number of hydrogen-bond acceptors (Lipinski definition) is 2. The van der Waals surface area contributed by atoms with Crippen molar-refractivity contribution in [2.45, 2.75) is 6.92 Å². The van der Waals surface area contributed by atoms with Gasteiger partial charge in [0, 0.05) is 5.56 Å². The van der Waals surface area contributed by atoms with Crippen molar-refractivity contribution in [3.63, 3.8) is 0 Å². The molecule has 0 aliphatic rings. The predicted molar refractivity (Wildman–Crippen MR) is 58.9 cm³/mol. The summed E-state index contributed by atoms with van der Waals surface area (Å²) in [6, 6.07) is 5.28. The highest BCUT2D eigenvalue weighted by atomic mass is 79.9. The Balaban J connectivity index is 2.91. The largest absolute Gasteiger partial charge is 0.448 e. The van der Waals surface area contributed by atoms with Gasteiger partial charge in [-0.2, -0.15) is 0 Å². The molecular formula is C10H6BrClO2. The molecule has 2 aromatic rings. The summed E-state index contributed by atoms with van der Waals surface area (Å²) < 4.78 is 5.78. The van der Waals surface area contributed by atoms with Gasteiger partial charge in [-0.05, 0) is 28.9 Å². The fourth-order valence-electron chi connectivity index (χ4n) is 1.38. The Morgan fingerprint density at radius 3 is 2.86 bits per heavy atom. The Morgan fingerprint density at radius 2 is 2.21 bits per heavy atom. The maximum atomic E-state index is 11.3. The van der Waals surface area contributed by atoms with Gasteiger partial charge >= 0.3 is 0 Å². The summed E-state index contributed by atoms with van der Waals surface area (Å²) >= 11 is 9.18. The van der Waals surface area contributed by atoms with Crippen LogP contribution in [0.3, 0.4) is 0 Å². The molecule has 1 aromatic heterocycles. The minimum atomic E-state index is -0.0224. The zero-order valence-electron chi connectivity index (χ0n) is 7.30. The van der Waals surface area contributed by atoms with Gasteiger partial charge in [0.1, 0.15) is 10.6 Å². The van der Waals surface area contributed by atoms with E-state index < -0.39 is 0 Å². The van der Waals surface area contributed by atoms with Crippen LogP contribution in [0.1, 0.15) is 17.3 Å². The minimum absolute atomic E-state index is 0.0224. The molecule has 1 aromatic carbocycles. The first-order valence-electron chi connectivity index (χ1n) is 3.98. The molecule has 0 N–H and O–H groups in total. The van der Waals surface area contributed by atoms with Crippen LogP contribution in [0.4, 0.5) is 0 Å². The van der Waals surface area contributed by atoms with E-state index in [1.54, 1.807) is 18.2 Å². The van der Waals surface area contributed by atoms with Gasteiger partial charge in [-0.3, -0.25) is 4.79 Å². The number of ketones is 1. The van der Waals surface area contributed by atoms with E-state index in [2.05, 4.69) is 15.9 Å². The van der Waals surface area contributed by atoms with Crippen LogP contribution in [0.2, 0.25) is 5.02 Å². The van der Waals surface area contributed by atoms with Gasteiger partial charge in [0.25, 0.3) is 0 Å². The van der Waals surface area contributed by atoms with Crippen LogP contribution < -0.4 is 0 Å². The SMILES string of the molecule is CC(=O)c1cccc2oc(Br)c(Cl)c12. The summed E-state index contributed by atoms with van der Waals surface area (Å²) in [7, 11) is 0. The number of Topliss-reactive ketones (excluding diaryl/α,β-unsaturated/α-hetero) is 1. The minimum Gasteiger partial charge on any atom is -0.448 e. The Labute approximate surface area is 94.0 Å². The van der Waals surface area contributed by atoms with E-state index in [-0.39, 0.29) is 5.78 Å². The summed E-state index contributed by atoms with van der Waals surface area (Å²) in [6.07, 6.45) is 0. The van der Waals surface area contributed by atoms with Crippen molar-refractivity contribution in [1.29, 1.82) is 0 Å². The molecule has 0 saturated carbocycles. The lowest BCUT2D eigenvalue weighted by atomic mass is 10.1. The first kappa shape index (κ1) is 9.74. The second-order valence-electron chi connectivity index (χ2n) is 2.92. The third kappa shape index (κ3) is 1.37. The molecule has 0 amide bonds. The number of fused-ring (bicyclic) bond motifs is 1. The molecule has 0 aliphatic heterocycles. The first-order valence-corrected chi connectivity index (χ1v) is 5.16. The third-order valence-corrected chi connectivity index (χ3v) is 3.14. The lowest BCUT2D eigenvalue weighted by molar-refractivity contribution is 0.101. The van der Waals surface area contributed by atoms with Gasteiger partial charge in [0.15, 0.2) is 10.5 Å². The van der Waals surface area contributed by atoms with Gasteiger partial charge in [0.2, 0.25) is 0 Å². The van der Waals surface area contributed by atoms with Crippen molar-refractivity contribution in [2.24, 2.45) is 0 Å². The van der Waals surface area contributed by atoms with Gasteiger partial charge in [0.05, 0.1) is 5.39 Å². The van der Waals surface area contributed by atoms with Gasteiger partial charge < -0.3 is 4.42 Å². The number of hydrogen-bond donors (Lipinski definition) is 0. The number of rotatable bonds is 1. The Morgan fingerprint density at radius 1 is 1.50 bits per heavy atom. The van der Waals surface area contributed by atoms with E-state index >= 15 is 0 Å². The molecule has 0 aliphatic carbocycles. The average Bonchev–Trinajstić information content (AvgIpc) is 2.43. The highest BCUT2D eigenvalue weighted by Crippen LogP contribution is 2.36. The smallest absolute Gasteiger partial charge is 0.189 e. The Bertz CT molecular complexity index is 516. The number of benzene rings is 1. The molecule has 0 fully saturated rings. The zero-order valence-corrected chi connectivity index (χ0v) is 9.65. The fraction of sp³-hybridized carbons (Fsp3) is 0.100. The quantitative estimate of drug-likeness (QED) is 0.734. The van der Waals surface area contributed by atoms with Crippen LogP contribution in [0.15, 0.2) is 27.3 Å². The predicted octanol–water partition coefficient (Wildman–Crippen LogP) is 4.05. The van der Waals surface area contributed by atoms with E-state index in [0.29, 0.717) is 26.2 Å². The molecule has 1 heterocycles. The van der Waals surface area contributed by atoms with Gasteiger partial charge in [-0.25, -0.2) is 0 Å². The highest BCUT2D eigenvalue weighted by Gasteiger charge is 2.15. The lowest BCUT2D eigenvalue weighted by Crippen LogP contribution is -1.91. The Kier molecular flexibility index (Phi) is 2.37. The zero-order chi connectivity index (χ0) is 10.3. The molecule has 0 saturated heterocycles. The topological polar surface area (TPSA) is 30.2 Å². The fourth-order valence-corrected chi connectivity index (χ4v) is 1.98. The van der Waals surface area contributed by atoms with Crippen LogP contribution in [0.25, 0.3) is 11.0 Å². The molecule has 14 heavy (non-hydrogen) atoms. The van der Waals surface area contributed by atoms with Crippen molar-refractivity contribution in [3.8, 4) is 0 Å². The molecule has 2 rings (SSSR count). The lowest BCUT2D eigenvalue weighted by Gasteiger charge is -1.96. The maximum Gasteiger partial charge on any atom is 0.189 e. The van der Waals surface area contributed by atoms with Crippen LogP contribution in [-0.4, -0.2) is 5.78 Å². The van der Waals surface area contributed by atoms with Crippen LogP contribution in [0.5, 0.6) is 0 Å². The molecular weight excluding hydrogens is 267 g/mol. The third-order valence-electron chi connectivity index (χ3n) is 2.00. The summed E-state index contributed by atoms with van der Waals surface area (Å²) in [5, 5.41) is 1.12. The molecule has 0 radical (unpaired) electrons. The summed E-state index contributed by atoms with van der Waals surface area (Å²) in [5.41, 5.74) is 1.21. The van der Waals surface area contributed by atoms with Crippen molar-refractivity contribution >= 4 is 44.3 Å². The Hall–Kier alpha value is -0.800. The molecule has 4 heteroatoms. The number of furan rings is 1. The number of carbonyl (C=O) groups is 1. The average molecular weight is 274 g/mol. The van der Waals surface area contributed by atoms with E-state index in [1.165, 1.54) is 6.92 Å². The summed E-state index contributed by atoms with van der Waals surface area (Å²) in [4.78, 5) is 11.3. The standard InChI is InChI=1S/C10H6BrClO2/c1-5(13)6-3-2-4-7-8(6)9(12)10(11)14-7/h2-4H,1H3. The number of halogens is 2. The first-order chi connectivity index (χ1) is 6.61. The van der Waals surface area contributed by atoms with Gasteiger partial charge in [-0.1, -0.05) is 23.7 Å². The maximum absolute atomic E-state index is 11.3. The normalized spacial score (nSPS) is 10.8. The van der Waals surface area contributed by atoms with E-state index in [0.717, 1.165) is 0 Å². The molecule has 0 bridgehead atoms. The number of carbonyl (C=O) groups excluding carboxylic acids is 1. The van der Waals surface area contributed by atoms with E-state index in [9.17, 15) is 4.79 Å².